The molecule has 1 aromatic heterocycles. The second kappa shape index (κ2) is 6.10. The molecule has 1 aromatic carbocycles. The molecule has 2 rings (SSSR count). The highest BCUT2D eigenvalue weighted by molar-refractivity contribution is 5.89. The lowest BCUT2D eigenvalue weighted by Gasteiger charge is -2.18. The summed E-state index contributed by atoms with van der Waals surface area (Å²) < 4.78 is 26.8. The van der Waals surface area contributed by atoms with Gasteiger partial charge in [0.25, 0.3) is 0 Å². The van der Waals surface area contributed by atoms with E-state index in [1.165, 1.54) is 18.0 Å². The van der Waals surface area contributed by atoms with Crippen molar-refractivity contribution in [2.45, 2.75) is 6.54 Å². The van der Waals surface area contributed by atoms with Gasteiger partial charge in [-0.05, 0) is 24.3 Å². The molecule has 0 radical (unpaired) electrons. The summed E-state index contributed by atoms with van der Waals surface area (Å²) in [4.78, 5) is 17.2. The maximum Gasteiger partial charge on any atom is 0.322 e. The smallest absolute Gasteiger partial charge is 0.322 e. The number of rotatable bonds is 3. The van der Waals surface area contributed by atoms with Crippen molar-refractivity contribution in [3.63, 3.8) is 0 Å². The molecule has 0 bridgehead atoms. The van der Waals surface area contributed by atoms with E-state index in [4.69, 9.17) is 0 Å². The van der Waals surface area contributed by atoms with Crippen LogP contribution in [-0.4, -0.2) is 23.0 Å². The summed E-state index contributed by atoms with van der Waals surface area (Å²) in [6.07, 6.45) is 1.61. The topological polar surface area (TPSA) is 45.2 Å². The van der Waals surface area contributed by atoms with Crippen molar-refractivity contribution < 1.29 is 13.6 Å². The highest BCUT2D eigenvalue weighted by Crippen LogP contribution is 2.18. The molecule has 6 heteroatoms. The first kappa shape index (κ1) is 13.9. The van der Waals surface area contributed by atoms with E-state index in [9.17, 15) is 13.6 Å². The van der Waals surface area contributed by atoms with Crippen LogP contribution < -0.4 is 5.32 Å². The number of urea groups is 1. The Bertz CT molecular complexity index is 584. The molecule has 0 saturated heterocycles. The molecular weight excluding hydrogens is 264 g/mol. The lowest BCUT2D eigenvalue weighted by atomic mass is 10.3. The zero-order valence-electron chi connectivity index (χ0n) is 10.8. The fourth-order valence-corrected chi connectivity index (χ4v) is 1.63. The van der Waals surface area contributed by atoms with E-state index >= 15 is 0 Å². The van der Waals surface area contributed by atoms with E-state index in [1.807, 2.05) is 0 Å². The first-order valence-corrected chi connectivity index (χ1v) is 5.94. The summed E-state index contributed by atoms with van der Waals surface area (Å²) in [7, 11) is 1.52. The molecule has 0 unspecified atom stereocenters. The minimum atomic E-state index is -0.815. The van der Waals surface area contributed by atoms with E-state index in [0.29, 0.717) is 5.69 Å². The number of halogens is 2. The Kier molecular flexibility index (Phi) is 4.24. The summed E-state index contributed by atoms with van der Waals surface area (Å²) in [6, 6.07) is 8.10. The van der Waals surface area contributed by atoms with Crippen molar-refractivity contribution in [2.24, 2.45) is 0 Å². The number of hydrogen-bond acceptors (Lipinski definition) is 2. The van der Waals surface area contributed by atoms with Gasteiger partial charge in [-0.15, -0.1) is 0 Å². The number of pyridine rings is 1. The van der Waals surface area contributed by atoms with Crippen LogP contribution in [0.1, 0.15) is 5.69 Å². The van der Waals surface area contributed by atoms with E-state index in [2.05, 4.69) is 10.3 Å². The summed E-state index contributed by atoms with van der Waals surface area (Å²) in [5, 5.41) is 2.21. The summed E-state index contributed by atoms with van der Waals surface area (Å²) >= 11 is 0. The zero-order valence-corrected chi connectivity index (χ0v) is 10.8. The molecule has 20 heavy (non-hydrogen) atoms. The van der Waals surface area contributed by atoms with Crippen molar-refractivity contribution in [3.8, 4) is 0 Å². The maximum atomic E-state index is 13.4. The zero-order chi connectivity index (χ0) is 14.5. The average molecular weight is 277 g/mol. The summed E-state index contributed by atoms with van der Waals surface area (Å²) in [6.45, 7) is 0.239. The third-order valence-electron chi connectivity index (χ3n) is 2.67. The van der Waals surface area contributed by atoms with Crippen molar-refractivity contribution in [2.75, 3.05) is 12.4 Å². The van der Waals surface area contributed by atoms with Crippen LogP contribution in [-0.2, 0) is 6.54 Å². The van der Waals surface area contributed by atoms with Crippen LogP contribution in [0.4, 0.5) is 19.3 Å². The predicted molar refractivity (Wildman–Crippen MR) is 71.1 cm³/mol. The van der Waals surface area contributed by atoms with Crippen molar-refractivity contribution in [1.82, 2.24) is 9.88 Å². The number of hydrogen-bond donors (Lipinski definition) is 1. The van der Waals surface area contributed by atoms with Gasteiger partial charge in [0, 0.05) is 13.2 Å². The second-order valence-corrected chi connectivity index (χ2v) is 4.20. The molecule has 4 nitrogen and oxygen atoms in total. The van der Waals surface area contributed by atoms with E-state index in [-0.39, 0.29) is 6.54 Å². The molecule has 0 saturated carbocycles. The van der Waals surface area contributed by atoms with Crippen LogP contribution >= 0.6 is 0 Å². The van der Waals surface area contributed by atoms with Gasteiger partial charge >= 0.3 is 6.03 Å². The molecule has 0 aliphatic heterocycles. The molecule has 0 aliphatic rings. The van der Waals surface area contributed by atoms with Crippen LogP contribution in [0.15, 0.2) is 42.6 Å². The molecule has 0 aliphatic carbocycles. The van der Waals surface area contributed by atoms with Crippen molar-refractivity contribution in [1.29, 1.82) is 0 Å². The number of anilines is 1. The van der Waals surface area contributed by atoms with Gasteiger partial charge in [-0.25, -0.2) is 13.6 Å². The minimum Gasteiger partial charge on any atom is -0.322 e. The number of nitrogens with zero attached hydrogens (tertiary/aromatic N) is 2. The van der Waals surface area contributed by atoms with Gasteiger partial charge in [-0.3, -0.25) is 4.98 Å². The van der Waals surface area contributed by atoms with Gasteiger partial charge in [-0.1, -0.05) is 12.1 Å². The first-order valence-electron chi connectivity index (χ1n) is 5.94. The number of amides is 2. The van der Waals surface area contributed by atoms with Crippen molar-refractivity contribution >= 4 is 11.7 Å². The number of carbonyl (C=O) groups is 1. The van der Waals surface area contributed by atoms with Gasteiger partial charge in [0.1, 0.15) is 17.3 Å². The molecule has 0 fully saturated rings. The van der Waals surface area contributed by atoms with Gasteiger partial charge in [0.05, 0.1) is 12.2 Å². The van der Waals surface area contributed by atoms with E-state index in [1.54, 1.807) is 24.4 Å². The Morgan fingerprint density at radius 1 is 1.20 bits per heavy atom. The van der Waals surface area contributed by atoms with Crippen LogP contribution in [0.2, 0.25) is 0 Å². The van der Waals surface area contributed by atoms with Crippen molar-refractivity contribution in [3.05, 3.63) is 59.9 Å². The van der Waals surface area contributed by atoms with Crippen LogP contribution in [0.25, 0.3) is 0 Å². The lowest BCUT2D eigenvalue weighted by Crippen LogP contribution is -2.31. The second-order valence-electron chi connectivity index (χ2n) is 4.20. The predicted octanol–water partition coefficient (Wildman–Crippen LogP) is 3.02. The highest BCUT2D eigenvalue weighted by Gasteiger charge is 2.15. The molecule has 1 N–H and O–H groups in total. The number of aromatic nitrogens is 1. The van der Waals surface area contributed by atoms with Crippen LogP contribution in [0.3, 0.4) is 0 Å². The van der Waals surface area contributed by atoms with Crippen LogP contribution in [0.5, 0.6) is 0 Å². The molecule has 1 heterocycles. The Morgan fingerprint density at radius 3 is 2.50 bits per heavy atom. The third-order valence-corrected chi connectivity index (χ3v) is 2.67. The van der Waals surface area contributed by atoms with E-state index in [0.717, 1.165) is 12.1 Å². The quantitative estimate of drug-likeness (QED) is 0.937. The SMILES string of the molecule is CN(Cc1ccccn1)C(=O)Nc1c(F)cccc1F. The average Bonchev–Trinajstić information content (AvgIpc) is 2.44. The van der Waals surface area contributed by atoms with Gasteiger partial charge in [0.2, 0.25) is 0 Å². The molecule has 2 amide bonds. The molecule has 104 valence electrons. The minimum absolute atomic E-state index is 0.239. The van der Waals surface area contributed by atoms with E-state index < -0.39 is 23.4 Å². The Labute approximate surface area is 115 Å². The first-order chi connectivity index (χ1) is 9.58. The summed E-state index contributed by atoms with van der Waals surface area (Å²) in [5.74, 6) is -1.63. The Balaban J connectivity index is 2.05. The molecule has 2 aromatic rings. The largest absolute Gasteiger partial charge is 0.322 e. The summed E-state index contributed by atoms with van der Waals surface area (Å²) in [5.41, 5.74) is 0.226. The number of carbonyl (C=O) groups excluding carboxylic acids is 1. The fraction of sp³-hybridized carbons (Fsp3) is 0.143. The van der Waals surface area contributed by atoms with Gasteiger partial charge in [-0.2, -0.15) is 0 Å². The molecule has 0 atom stereocenters. The number of nitrogens with one attached hydrogen (secondary N) is 1. The molecule has 0 spiro atoms. The maximum absolute atomic E-state index is 13.4. The standard InChI is InChI=1S/C14H13F2N3O/c1-19(9-10-5-2-3-8-17-10)14(20)18-13-11(15)6-4-7-12(13)16/h2-8H,9H2,1H3,(H,18,20). The highest BCUT2D eigenvalue weighted by atomic mass is 19.1. The third kappa shape index (κ3) is 3.28. The van der Waals surface area contributed by atoms with Crippen LogP contribution in [0, 0.1) is 11.6 Å². The van der Waals surface area contributed by atoms with Gasteiger partial charge < -0.3 is 10.2 Å². The fourth-order valence-electron chi connectivity index (χ4n) is 1.63. The van der Waals surface area contributed by atoms with Gasteiger partial charge in [0.15, 0.2) is 0 Å². The Morgan fingerprint density at radius 2 is 1.90 bits per heavy atom. The number of benzene rings is 1. The normalized spacial score (nSPS) is 10.2. The Hall–Kier alpha value is -2.50. The molecular formula is C14H13F2N3O. The number of para-hydroxylation sites is 1. The monoisotopic (exact) mass is 277 g/mol. The lowest BCUT2D eigenvalue weighted by molar-refractivity contribution is 0.220.